The molecule has 0 saturated carbocycles. The first-order valence-corrected chi connectivity index (χ1v) is 7.31. The minimum absolute atomic E-state index is 0.0632. The Labute approximate surface area is 118 Å². The zero-order valence-corrected chi connectivity index (χ0v) is 12.5. The van der Waals surface area contributed by atoms with Gasteiger partial charge in [0.15, 0.2) is 11.5 Å². The van der Waals surface area contributed by atoms with Crippen LogP contribution < -0.4 is 14.8 Å². The molecule has 0 spiro atoms. The maximum atomic E-state index is 11.6. The summed E-state index contributed by atoms with van der Waals surface area (Å²) < 4.78 is 10.4. The van der Waals surface area contributed by atoms with Crippen LogP contribution in [0.4, 0.5) is 0 Å². The van der Waals surface area contributed by atoms with Crippen LogP contribution >= 0.6 is 11.8 Å². The Bertz CT molecular complexity index is 410. The minimum Gasteiger partial charge on any atom is -0.493 e. The zero-order valence-electron chi connectivity index (χ0n) is 11.7. The standard InChI is InChI=1S/C14H21NO3S/c1-4-5-8-15-14(16)10-19-11-6-7-12(17-2)13(9-11)18-3/h6-7,9H,4-5,8,10H2,1-3H3,(H,15,16). The van der Waals surface area contributed by atoms with E-state index in [4.69, 9.17) is 9.47 Å². The summed E-state index contributed by atoms with van der Waals surface area (Å²) in [5, 5.41) is 2.89. The third kappa shape index (κ3) is 5.42. The molecule has 1 N–H and O–H groups in total. The zero-order chi connectivity index (χ0) is 14.1. The fourth-order valence-corrected chi connectivity index (χ4v) is 2.27. The van der Waals surface area contributed by atoms with Crippen LogP contribution in [0.2, 0.25) is 0 Å². The number of methoxy groups -OCH3 is 2. The van der Waals surface area contributed by atoms with Gasteiger partial charge in [0.25, 0.3) is 0 Å². The van der Waals surface area contributed by atoms with E-state index in [1.165, 1.54) is 11.8 Å². The number of carbonyl (C=O) groups excluding carboxylic acids is 1. The number of hydrogen-bond acceptors (Lipinski definition) is 4. The average Bonchev–Trinajstić information content (AvgIpc) is 2.45. The summed E-state index contributed by atoms with van der Waals surface area (Å²) in [6.07, 6.45) is 2.11. The maximum Gasteiger partial charge on any atom is 0.230 e. The van der Waals surface area contributed by atoms with Gasteiger partial charge in [0.2, 0.25) is 5.91 Å². The second-order valence-electron chi connectivity index (χ2n) is 4.01. The van der Waals surface area contributed by atoms with Gasteiger partial charge in [-0.05, 0) is 24.6 Å². The van der Waals surface area contributed by atoms with Gasteiger partial charge in [0, 0.05) is 11.4 Å². The Morgan fingerprint density at radius 1 is 1.26 bits per heavy atom. The predicted molar refractivity (Wildman–Crippen MR) is 78.2 cm³/mol. The number of thioether (sulfide) groups is 1. The van der Waals surface area contributed by atoms with Crippen LogP contribution in [-0.4, -0.2) is 32.4 Å². The van der Waals surface area contributed by atoms with Crippen molar-refractivity contribution < 1.29 is 14.3 Å². The summed E-state index contributed by atoms with van der Waals surface area (Å²) in [5.74, 6) is 1.85. The second kappa shape index (κ2) is 8.69. The van der Waals surface area contributed by atoms with Crippen molar-refractivity contribution in [3.05, 3.63) is 18.2 Å². The second-order valence-corrected chi connectivity index (χ2v) is 5.06. The summed E-state index contributed by atoms with van der Waals surface area (Å²) in [4.78, 5) is 12.6. The highest BCUT2D eigenvalue weighted by atomic mass is 32.2. The Morgan fingerprint density at radius 3 is 2.63 bits per heavy atom. The molecule has 19 heavy (non-hydrogen) atoms. The Kier molecular flexibility index (Phi) is 7.18. The molecular formula is C14H21NO3S. The molecule has 0 aliphatic heterocycles. The van der Waals surface area contributed by atoms with Crippen molar-refractivity contribution in [2.24, 2.45) is 0 Å². The molecule has 0 fully saturated rings. The van der Waals surface area contributed by atoms with E-state index in [-0.39, 0.29) is 5.91 Å². The van der Waals surface area contributed by atoms with Gasteiger partial charge in [-0.2, -0.15) is 0 Å². The van der Waals surface area contributed by atoms with Gasteiger partial charge in [0.05, 0.1) is 20.0 Å². The average molecular weight is 283 g/mol. The SMILES string of the molecule is CCCCNC(=O)CSc1ccc(OC)c(OC)c1. The molecule has 1 aromatic carbocycles. The monoisotopic (exact) mass is 283 g/mol. The molecule has 0 radical (unpaired) electrons. The van der Waals surface area contributed by atoms with E-state index in [9.17, 15) is 4.79 Å². The molecule has 1 rings (SSSR count). The van der Waals surface area contributed by atoms with E-state index in [2.05, 4.69) is 12.2 Å². The van der Waals surface area contributed by atoms with E-state index < -0.39 is 0 Å². The lowest BCUT2D eigenvalue weighted by Gasteiger charge is -2.09. The van der Waals surface area contributed by atoms with Crippen LogP contribution in [0.5, 0.6) is 11.5 Å². The molecule has 106 valence electrons. The van der Waals surface area contributed by atoms with Crippen LogP contribution in [0, 0.1) is 0 Å². The lowest BCUT2D eigenvalue weighted by molar-refractivity contribution is -0.118. The highest BCUT2D eigenvalue weighted by Gasteiger charge is 2.07. The normalized spacial score (nSPS) is 10.1. The first-order valence-electron chi connectivity index (χ1n) is 6.32. The third-order valence-electron chi connectivity index (χ3n) is 2.58. The third-order valence-corrected chi connectivity index (χ3v) is 3.57. The van der Waals surface area contributed by atoms with Crippen LogP contribution in [-0.2, 0) is 4.79 Å². The number of ether oxygens (including phenoxy) is 2. The fraction of sp³-hybridized carbons (Fsp3) is 0.500. The molecule has 0 heterocycles. The smallest absolute Gasteiger partial charge is 0.230 e. The van der Waals surface area contributed by atoms with Crippen molar-refractivity contribution in [3.8, 4) is 11.5 Å². The van der Waals surface area contributed by atoms with Crippen molar-refractivity contribution in [2.45, 2.75) is 24.7 Å². The Morgan fingerprint density at radius 2 is 2.00 bits per heavy atom. The number of hydrogen-bond donors (Lipinski definition) is 1. The summed E-state index contributed by atoms with van der Waals surface area (Å²) in [7, 11) is 3.20. The first-order chi connectivity index (χ1) is 9.21. The van der Waals surface area contributed by atoms with Crippen molar-refractivity contribution in [2.75, 3.05) is 26.5 Å². The molecule has 0 aromatic heterocycles. The molecule has 5 heteroatoms. The van der Waals surface area contributed by atoms with Gasteiger partial charge in [-0.1, -0.05) is 13.3 Å². The molecule has 0 atom stereocenters. The van der Waals surface area contributed by atoms with E-state index >= 15 is 0 Å². The van der Waals surface area contributed by atoms with Gasteiger partial charge >= 0.3 is 0 Å². The largest absolute Gasteiger partial charge is 0.493 e. The number of nitrogens with one attached hydrogen (secondary N) is 1. The Hall–Kier alpha value is -1.36. The number of unbranched alkanes of at least 4 members (excludes halogenated alkanes) is 1. The van der Waals surface area contributed by atoms with Crippen molar-refractivity contribution in [3.63, 3.8) is 0 Å². The van der Waals surface area contributed by atoms with E-state index in [1.54, 1.807) is 14.2 Å². The molecule has 0 unspecified atom stereocenters. The van der Waals surface area contributed by atoms with E-state index in [0.717, 1.165) is 24.3 Å². The fourth-order valence-electron chi connectivity index (χ4n) is 1.51. The Balaban J connectivity index is 2.47. The molecule has 4 nitrogen and oxygen atoms in total. The quantitative estimate of drug-likeness (QED) is 0.588. The summed E-state index contributed by atoms with van der Waals surface area (Å²) in [6, 6.07) is 5.64. The molecular weight excluding hydrogens is 262 g/mol. The van der Waals surface area contributed by atoms with Crippen LogP contribution in [0.3, 0.4) is 0 Å². The minimum atomic E-state index is 0.0632. The highest BCUT2D eigenvalue weighted by Crippen LogP contribution is 2.31. The molecule has 0 aliphatic carbocycles. The van der Waals surface area contributed by atoms with Crippen molar-refractivity contribution in [1.82, 2.24) is 5.32 Å². The van der Waals surface area contributed by atoms with E-state index in [1.807, 2.05) is 18.2 Å². The lowest BCUT2D eigenvalue weighted by atomic mass is 10.3. The molecule has 1 aromatic rings. The molecule has 0 aliphatic rings. The van der Waals surface area contributed by atoms with Gasteiger partial charge in [0.1, 0.15) is 0 Å². The maximum absolute atomic E-state index is 11.6. The van der Waals surface area contributed by atoms with Gasteiger partial charge in [-0.15, -0.1) is 11.8 Å². The number of rotatable bonds is 8. The highest BCUT2D eigenvalue weighted by molar-refractivity contribution is 8.00. The molecule has 0 bridgehead atoms. The van der Waals surface area contributed by atoms with Gasteiger partial charge < -0.3 is 14.8 Å². The number of benzene rings is 1. The van der Waals surface area contributed by atoms with E-state index in [0.29, 0.717) is 17.3 Å². The lowest BCUT2D eigenvalue weighted by Crippen LogP contribution is -2.25. The number of amides is 1. The molecule has 0 saturated heterocycles. The predicted octanol–water partition coefficient (Wildman–Crippen LogP) is 2.71. The van der Waals surface area contributed by atoms with Crippen LogP contribution in [0.25, 0.3) is 0 Å². The topological polar surface area (TPSA) is 47.6 Å². The van der Waals surface area contributed by atoms with Crippen molar-refractivity contribution >= 4 is 17.7 Å². The van der Waals surface area contributed by atoms with Crippen molar-refractivity contribution in [1.29, 1.82) is 0 Å². The van der Waals surface area contributed by atoms with Gasteiger partial charge in [-0.25, -0.2) is 0 Å². The summed E-state index contributed by atoms with van der Waals surface area (Å²) in [6.45, 7) is 2.85. The van der Waals surface area contributed by atoms with Crippen LogP contribution in [0.1, 0.15) is 19.8 Å². The number of carbonyl (C=O) groups is 1. The summed E-state index contributed by atoms with van der Waals surface area (Å²) in [5.41, 5.74) is 0. The first kappa shape index (κ1) is 15.7. The van der Waals surface area contributed by atoms with Gasteiger partial charge in [-0.3, -0.25) is 4.79 Å². The summed E-state index contributed by atoms with van der Waals surface area (Å²) >= 11 is 1.49. The van der Waals surface area contributed by atoms with Crippen LogP contribution in [0.15, 0.2) is 23.1 Å². The molecule has 1 amide bonds.